The van der Waals surface area contributed by atoms with Crippen LogP contribution in [0.3, 0.4) is 0 Å². The zero-order valence-electron chi connectivity index (χ0n) is 9.78. The predicted molar refractivity (Wildman–Crippen MR) is 61.1 cm³/mol. The Kier molecular flexibility index (Phi) is 3.94. The topological polar surface area (TPSA) is 107 Å². The average molecular weight is 265 g/mol. The monoisotopic (exact) mass is 265 g/mol. The molecular formula is C11H11N3O5. The van der Waals surface area contributed by atoms with Crippen LogP contribution in [0.2, 0.25) is 0 Å². The smallest absolute Gasteiger partial charge is 0.332 e. The lowest BCUT2D eigenvalue weighted by Crippen LogP contribution is -2.26. The number of nitrogens with one attached hydrogen (secondary N) is 1. The van der Waals surface area contributed by atoms with Gasteiger partial charge in [-0.15, -0.1) is 0 Å². The molecule has 2 aromatic heterocycles. The summed E-state index contributed by atoms with van der Waals surface area (Å²) < 4.78 is 6.92. The fraction of sp³-hybridized carbons (Fsp3) is 0.182. The first-order chi connectivity index (χ1) is 9.15. The molecular weight excluding hydrogens is 254 g/mol. The molecule has 0 bridgehead atoms. The molecule has 2 rings (SSSR count). The van der Waals surface area contributed by atoms with E-state index in [1.165, 1.54) is 6.07 Å². The van der Waals surface area contributed by atoms with E-state index in [-0.39, 0.29) is 5.76 Å². The van der Waals surface area contributed by atoms with Crippen LogP contribution in [0.15, 0.2) is 35.0 Å². The van der Waals surface area contributed by atoms with Crippen molar-refractivity contribution in [3.8, 4) is 0 Å². The van der Waals surface area contributed by atoms with Crippen LogP contribution < -0.4 is 5.48 Å². The Morgan fingerprint density at radius 3 is 3.00 bits per heavy atom. The molecule has 0 fully saturated rings. The van der Waals surface area contributed by atoms with Crippen LogP contribution in [0.5, 0.6) is 0 Å². The van der Waals surface area contributed by atoms with Gasteiger partial charge in [-0.05, 0) is 18.2 Å². The minimum atomic E-state index is -1.18. The number of carbonyl (C=O) groups excluding carboxylic acids is 1. The fourth-order valence-corrected chi connectivity index (χ4v) is 1.35. The average Bonchev–Trinajstić information content (AvgIpc) is 3.00. The van der Waals surface area contributed by atoms with Gasteiger partial charge in [-0.3, -0.25) is 14.3 Å². The number of furan rings is 1. The molecule has 0 spiro atoms. The molecule has 0 aliphatic carbocycles. The maximum absolute atomic E-state index is 11.5. The summed E-state index contributed by atoms with van der Waals surface area (Å²) in [6.07, 6.45) is 3.40. The van der Waals surface area contributed by atoms with Gasteiger partial charge in [-0.1, -0.05) is 0 Å². The van der Waals surface area contributed by atoms with Gasteiger partial charge in [0.25, 0.3) is 0 Å². The van der Waals surface area contributed by atoms with Gasteiger partial charge in [-0.25, -0.2) is 10.3 Å². The van der Waals surface area contributed by atoms with E-state index in [9.17, 15) is 9.59 Å². The van der Waals surface area contributed by atoms with Crippen molar-refractivity contribution in [1.82, 2.24) is 15.3 Å². The van der Waals surface area contributed by atoms with E-state index in [0.29, 0.717) is 12.3 Å². The van der Waals surface area contributed by atoms with Crippen molar-refractivity contribution >= 4 is 11.9 Å². The summed E-state index contributed by atoms with van der Waals surface area (Å²) in [5.74, 6) is -1.24. The summed E-state index contributed by atoms with van der Waals surface area (Å²) >= 11 is 0. The number of rotatable bonds is 6. The third-order valence-corrected chi connectivity index (χ3v) is 2.12. The Balaban J connectivity index is 1.89. The van der Waals surface area contributed by atoms with E-state index in [1.54, 1.807) is 29.2 Å². The molecule has 0 aromatic carbocycles. The maximum Gasteiger partial charge on any atom is 0.332 e. The summed E-state index contributed by atoms with van der Waals surface area (Å²) in [6.45, 7) is -0.219. The predicted octanol–water partition coefficient (Wildman–Crippen LogP) is 0.270. The SMILES string of the molecule is O=C(O)CONC(=O)c1ccc(Cn2cccn2)o1. The van der Waals surface area contributed by atoms with E-state index in [0.717, 1.165) is 0 Å². The third-order valence-electron chi connectivity index (χ3n) is 2.12. The van der Waals surface area contributed by atoms with Crippen LogP contribution in [0, 0.1) is 0 Å². The second-order valence-corrected chi connectivity index (χ2v) is 3.58. The van der Waals surface area contributed by atoms with Crippen molar-refractivity contribution in [3.63, 3.8) is 0 Å². The van der Waals surface area contributed by atoms with Crippen molar-refractivity contribution < 1.29 is 24.0 Å². The third kappa shape index (κ3) is 3.68. The number of carboxylic acid groups (broad SMARTS) is 1. The molecule has 0 aliphatic rings. The normalized spacial score (nSPS) is 10.3. The Hall–Kier alpha value is -2.61. The number of hydrogen-bond acceptors (Lipinski definition) is 5. The van der Waals surface area contributed by atoms with Gasteiger partial charge < -0.3 is 9.52 Å². The first kappa shape index (κ1) is 12.8. The second-order valence-electron chi connectivity index (χ2n) is 3.58. The second kappa shape index (κ2) is 5.83. The largest absolute Gasteiger partial charge is 0.479 e. The van der Waals surface area contributed by atoms with E-state index in [4.69, 9.17) is 9.52 Å². The van der Waals surface area contributed by atoms with Crippen LogP contribution in [-0.4, -0.2) is 33.4 Å². The van der Waals surface area contributed by atoms with Crippen molar-refractivity contribution in [2.75, 3.05) is 6.61 Å². The molecule has 8 heteroatoms. The Morgan fingerprint density at radius 2 is 2.32 bits per heavy atom. The lowest BCUT2D eigenvalue weighted by molar-refractivity contribution is -0.144. The maximum atomic E-state index is 11.5. The highest BCUT2D eigenvalue weighted by atomic mass is 16.7. The summed E-state index contributed by atoms with van der Waals surface area (Å²) in [7, 11) is 0. The minimum absolute atomic E-state index is 0.0348. The molecule has 2 aromatic rings. The van der Waals surface area contributed by atoms with Crippen LogP contribution in [0.25, 0.3) is 0 Å². The molecule has 2 heterocycles. The molecule has 0 radical (unpaired) electrons. The lowest BCUT2D eigenvalue weighted by atomic mass is 10.4. The fourth-order valence-electron chi connectivity index (χ4n) is 1.35. The Bertz CT molecular complexity index is 561. The zero-order valence-corrected chi connectivity index (χ0v) is 9.78. The van der Waals surface area contributed by atoms with E-state index in [2.05, 4.69) is 9.94 Å². The van der Waals surface area contributed by atoms with E-state index >= 15 is 0 Å². The van der Waals surface area contributed by atoms with Crippen molar-refractivity contribution in [2.45, 2.75) is 6.54 Å². The van der Waals surface area contributed by atoms with Gasteiger partial charge in [0, 0.05) is 12.4 Å². The lowest BCUT2D eigenvalue weighted by Gasteiger charge is -2.01. The molecule has 1 amide bonds. The van der Waals surface area contributed by atoms with Crippen molar-refractivity contribution in [3.05, 3.63) is 42.1 Å². The van der Waals surface area contributed by atoms with Crippen LogP contribution >= 0.6 is 0 Å². The highest BCUT2D eigenvalue weighted by Crippen LogP contribution is 2.09. The Labute approximate surface area is 107 Å². The molecule has 2 N–H and O–H groups in total. The first-order valence-electron chi connectivity index (χ1n) is 5.35. The van der Waals surface area contributed by atoms with Gasteiger partial charge in [0.15, 0.2) is 12.4 Å². The number of aromatic nitrogens is 2. The van der Waals surface area contributed by atoms with Crippen LogP contribution in [-0.2, 0) is 16.2 Å². The standard InChI is InChI=1S/C11H11N3O5/c15-10(16)7-18-13-11(17)9-3-2-8(19-9)6-14-5-1-4-12-14/h1-5H,6-7H2,(H,13,17)(H,15,16). The van der Waals surface area contributed by atoms with E-state index < -0.39 is 18.5 Å². The number of amides is 1. The molecule has 0 atom stereocenters. The van der Waals surface area contributed by atoms with Gasteiger partial charge in [0.2, 0.25) is 0 Å². The number of carbonyl (C=O) groups is 2. The number of hydrogen-bond donors (Lipinski definition) is 2. The molecule has 0 saturated heterocycles. The summed E-state index contributed by atoms with van der Waals surface area (Å²) in [5.41, 5.74) is 1.97. The number of aliphatic carboxylic acids is 1. The van der Waals surface area contributed by atoms with Crippen molar-refractivity contribution in [2.24, 2.45) is 0 Å². The molecule has 100 valence electrons. The zero-order chi connectivity index (χ0) is 13.7. The first-order valence-corrected chi connectivity index (χ1v) is 5.35. The highest BCUT2D eigenvalue weighted by molar-refractivity contribution is 5.90. The minimum Gasteiger partial charge on any atom is -0.479 e. The molecule has 0 aliphatic heterocycles. The highest BCUT2D eigenvalue weighted by Gasteiger charge is 2.12. The summed E-state index contributed by atoms with van der Waals surface area (Å²) in [6, 6.07) is 4.88. The van der Waals surface area contributed by atoms with Crippen LogP contribution in [0.4, 0.5) is 0 Å². The molecule has 19 heavy (non-hydrogen) atoms. The quantitative estimate of drug-likeness (QED) is 0.726. The molecule has 0 saturated carbocycles. The molecule has 8 nitrogen and oxygen atoms in total. The van der Waals surface area contributed by atoms with E-state index in [1.807, 2.05) is 5.48 Å². The summed E-state index contributed by atoms with van der Waals surface area (Å²) in [4.78, 5) is 26.1. The van der Waals surface area contributed by atoms with Crippen LogP contribution in [0.1, 0.15) is 16.3 Å². The number of nitrogens with zero attached hydrogens (tertiary/aromatic N) is 2. The number of hydroxylamine groups is 1. The molecule has 0 unspecified atom stereocenters. The van der Waals surface area contributed by atoms with Gasteiger partial charge in [0.05, 0.1) is 6.54 Å². The van der Waals surface area contributed by atoms with Gasteiger partial charge >= 0.3 is 11.9 Å². The Morgan fingerprint density at radius 1 is 1.47 bits per heavy atom. The van der Waals surface area contributed by atoms with Gasteiger partial charge in [-0.2, -0.15) is 5.10 Å². The number of carboxylic acids is 1. The van der Waals surface area contributed by atoms with Crippen molar-refractivity contribution in [1.29, 1.82) is 0 Å². The summed E-state index contributed by atoms with van der Waals surface area (Å²) in [5, 5.41) is 12.3. The van der Waals surface area contributed by atoms with Gasteiger partial charge in [0.1, 0.15) is 5.76 Å².